The third-order valence-corrected chi connectivity index (χ3v) is 6.97. The molecule has 2 N–H and O–H groups in total. The molecule has 5 rings (SSSR count). The Morgan fingerprint density at radius 1 is 1.16 bits per heavy atom. The number of likely N-dealkylation sites (tertiary alicyclic amines) is 1. The smallest absolute Gasteiger partial charge is 0.223 e. The van der Waals surface area contributed by atoms with Crippen LogP contribution >= 0.6 is 11.6 Å². The zero-order chi connectivity index (χ0) is 21.9. The summed E-state index contributed by atoms with van der Waals surface area (Å²) in [5.41, 5.74) is 3.74. The Morgan fingerprint density at radius 3 is 2.75 bits per heavy atom. The van der Waals surface area contributed by atoms with Crippen LogP contribution in [-0.2, 0) is 4.79 Å². The van der Waals surface area contributed by atoms with Gasteiger partial charge in [0.25, 0.3) is 0 Å². The molecule has 4 heterocycles. The number of halogens is 1. The number of carbonyl (C=O) groups is 1. The summed E-state index contributed by atoms with van der Waals surface area (Å²) in [6.45, 7) is 5.78. The average Bonchev–Trinajstić information content (AvgIpc) is 3.49. The van der Waals surface area contributed by atoms with Gasteiger partial charge in [-0.05, 0) is 63.0 Å². The van der Waals surface area contributed by atoms with E-state index in [4.69, 9.17) is 11.6 Å². The molecule has 0 bridgehead atoms. The maximum absolute atomic E-state index is 12.6. The highest BCUT2D eigenvalue weighted by molar-refractivity contribution is 6.33. The van der Waals surface area contributed by atoms with E-state index in [1.54, 1.807) is 12.4 Å². The van der Waals surface area contributed by atoms with Crippen molar-refractivity contribution in [1.29, 1.82) is 0 Å². The van der Waals surface area contributed by atoms with E-state index in [0.29, 0.717) is 5.02 Å². The first kappa shape index (κ1) is 21.2. The van der Waals surface area contributed by atoms with Crippen LogP contribution in [0.3, 0.4) is 0 Å². The van der Waals surface area contributed by atoms with Crippen LogP contribution in [-0.4, -0.2) is 65.0 Å². The summed E-state index contributed by atoms with van der Waals surface area (Å²) in [6.07, 6.45) is 7.80. The van der Waals surface area contributed by atoms with Gasteiger partial charge in [-0.2, -0.15) is 0 Å². The number of aromatic nitrogens is 3. The van der Waals surface area contributed by atoms with Gasteiger partial charge in [0.2, 0.25) is 5.91 Å². The fourth-order valence-corrected chi connectivity index (χ4v) is 4.97. The average molecular weight is 453 g/mol. The molecule has 1 aromatic carbocycles. The Morgan fingerprint density at radius 2 is 1.97 bits per heavy atom. The predicted molar refractivity (Wildman–Crippen MR) is 128 cm³/mol. The zero-order valence-corrected chi connectivity index (χ0v) is 18.9. The molecule has 0 spiro atoms. The number of amides is 1. The topological polar surface area (TPSA) is 77.2 Å². The van der Waals surface area contributed by atoms with E-state index in [1.807, 2.05) is 18.2 Å². The maximum atomic E-state index is 12.6. The van der Waals surface area contributed by atoms with Gasteiger partial charge in [-0.3, -0.25) is 9.78 Å². The van der Waals surface area contributed by atoms with Crippen LogP contribution in [0.2, 0.25) is 5.02 Å². The molecule has 2 aliphatic heterocycles. The Labute approximate surface area is 193 Å². The minimum absolute atomic E-state index is 0.0967. The number of fused-ring (bicyclic) bond motifs is 1. The largest absolute Gasteiger partial charge is 0.371 e. The molecule has 8 heteroatoms. The highest BCUT2D eigenvalue weighted by Gasteiger charge is 2.25. The molecule has 0 aliphatic carbocycles. The lowest BCUT2D eigenvalue weighted by molar-refractivity contribution is -0.125. The Bertz CT molecular complexity index is 1050. The molecule has 7 nitrogen and oxygen atoms in total. The Kier molecular flexibility index (Phi) is 6.28. The quantitative estimate of drug-likeness (QED) is 0.596. The van der Waals surface area contributed by atoms with Gasteiger partial charge in [0.15, 0.2) is 0 Å². The number of benzene rings is 1. The van der Waals surface area contributed by atoms with Gasteiger partial charge in [-0.25, -0.2) is 4.98 Å². The summed E-state index contributed by atoms with van der Waals surface area (Å²) in [5.74, 6) is 1.04. The molecule has 2 aliphatic rings. The van der Waals surface area contributed by atoms with Gasteiger partial charge in [-0.15, -0.1) is 0 Å². The van der Waals surface area contributed by atoms with E-state index >= 15 is 0 Å². The Balaban J connectivity index is 1.20. The fraction of sp³-hybridized carbons (Fsp3) is 0.458. The first-order chi connectivity index (χ1) is 15.7. The third-order valence-electron chi connectivity index (χ3n) is 6.65. The first-order valence-electron chi connectivity index (χ1n) is 11.5. The van der Waals surface area contributed by atoms with Crippen LogP contribution in [0, 0.1) is 5.92 Å². The van der Waals surface area contributed by atoms with Crippen LogP contribution < -0.4 is 10.2 Å². The van der Waals surface area contributed by atoms with Crippen LogP contribution in [0.5, 0.6) is 0 Å². The van der Waals surface area contributed by atoms with Gasteiger partial charge in [0, 0.05) is 49.5 Å². The van der Waals surface area contributed by atoms with Crippen molar-refractivity contribution in [2.24, 2.45) is 5.92 Å². The standard InChI is InChI=1S/C24H29ClN6O/c25-20-4-3-18(15-19(20)23-28-21-5-8-26-16-22(21)29-23)31-12-6-17(7-13-31)24(32)27-9-14-30-10-1-2-11-30/h3-5,8,15-17H,1-2,6-7,9-14H2,(H,27,32)(H,28,29). The van der Waals surface area contributed by atoms with Gasteiger partial charge < -0.3 is 20.1 Å². The third kappa shape index (κ3) is 4.59. The van der Waals surface area contributed by atoms with Crippen molar-refractivity contribution in [3.63, 3.8) is 0 Å². The van der Waals surface area contributed by atoms with Gasteiger partial charge >= 0.3 is 0 Å². The van der Waals surface area contributed by atoms with Gasteiger partial charge in [0.1, 0.15) is 5.82 Å². The molecule has 168 valence electrons. The number of anilines is 1. The number of H-pyrrole nitrogens is 1. The van der Waals surface area contributed by atoms with Crippen molar-refractivity contribution in [1.82, 2.24) is 25.2 Å². The zero-order valence-electron chi connectivity index (χ0n) is 18.2. The normalized spacial score (nSPS) is 17.8. The molecule has 2 aromatic heterocycles. The molecule has 1 amide bonds. The number of nitrogens with zero attached hydrogens (tertiary/aromatic N) is 4. The number of aromatic amines is 1. The number of rotatable bonds is 6. The second kappa shape index (κ2) is 9.46. The van der Waals surface area contributed by atoms with E-state index in [2.05, 4.69) is 36.1 Å². The van der Waals surface area contributed by atoms with Crippen LogP contribution in [0.15, 0.2) is 36.7 Å². The number of hydrogen-bond acceptors (Lipinski definition) is 5. The van der Waals surface area contributed by atoms with Gasteiger partial charge in [0.05, 0.1) is 22.3 Å². The van der Waals surface area contributed by atoms with E-state index in [1.165, 1.54) is 25.9 Å². The molecular weight excluding hydrogens is 424 g/mol. The second-order valence-corrected chi connectivity index (χ2v) is 9.15. The molecule has 2 fully saturated rings. The number of carbonyl (C=O) groups excluding carboxylic acids is 1. The molecule has 0 saturated carbocycles. The summed E-state index contributed by atoms with van der Waals surface area (Å²) in [7, 11) is 0. The summed E-state index contributed by atoms with van der Waals surface area (Å²) < 4.78 is 0. The number of pyridine rings is 1. The predicted octanol–water partition coefficient (Wildman–Crippen LogP) is 3.71. The maximum Gasteiger partial charge on any atom is 0.223 e. The SMILES string of the molecule is O=C(NCCN1CCCC1)C1CCN(c2ccc(Cl)c(-c3nc4ccncc4[nH]3)c2)CC1. The van der Waals surface area contributed by atoms with Crippen molar-refractivity contribution in [2.75, 3.05) is 44.2 Å². The van der Waals surface area contributed by atoms with E-state index in [0.717, 1.165) is 67.1 Å². The summed E-state index contributed by atoms with van der Waals surface area (Å²) in [6, 6.07) is 7.94. The van der Waals surface area contributed by atoms with Crippen molar-refractivity contribution in [3.8, 4) is 11.4 Å². The first-order valence-corrected chi connectivity index (χ1v) is 11.9. The van der Waals surface area contributed by atoms with Crippen molar-refractivity contribution < 1.29 is 4.79 Å². The highest BCUT2D eigenvalue weighted by Crippen LogP contribution is 2.33. The lowest BCUT2D eigenvalue weighted by atomic mass is 9.95. The minimum atomic E-state index is 0.0967. The van der Waals surface area contributed by atoms with E-state index in [-0.39, 0.29) is 11.8 Å². The highest BCUT2D eigenvalue weighted by atomic mass is 35.5. The van der Waals surface area contributed by atoms with E-state index in [9.17, 15) is 4.79 Å². The summed E-state index contributed by atoms with van der Waals surface area (Å²) in [5, 5.41) is 3.81. The molecule has 3 aromatic rings. The summed E-state index contributed by atoms with van der Waals surface area (Å²) in [4.78, 5) is 29.5. The minimum Gasteiger partial charge on any atom is -0.371 e. The van der Waals surface area contributed by atoms with Crippen molar-refractivity contribution in [3.05, 3.63) is 41.7 Å². The number of imidazole rings is 1. The van der Waals surface area contributed by atoms with Crippen LogP contribution in [0.25, 0.3) is 22.4 Å². The van der Waals surface area contributed by atoms with Gasteiger partial charge in [-0.1, -0.05) is 11.6 Å². The fourth-order valence-electron chi connectivity index (χ4n) is 4.76. The number of nitrogens with one attached hydrogen (secondary N) is 2. The lowest BCUT2D eigenvalue weighted by Crippen LogP contribution is -2.42. The van der Waals surface area contributed by atoms with Crippen molar-refractivity contribution >= 4 is 34.2 Å². The molecular formula is C24H29ClN6O. The number of piperidine rings is 1. The molecule has 2 saturated heterocycles. The summed E-state index contributed by atoms with van der Waals surface area (Å²) >= 11 is 6.51. The second-order valence-electron chi connectivity index (χ2n) is 8.74. The molecule has 32 heavy (non-hydrogen) atoms. The molecule has 0 atom stereocenters. The van der Waals surface area contributed by atoms with Crippen LogP contribution in [0.4, 0.5) is 5.69 Å². The number of hydrogen-bond donors (Lipinski definition) is 2. The van der Waals surface area contributed by atoms with E-state index < -0.39 is 0 Å². The van der Waals surface area contributed by atoms with Crippen molar-refractivity contribution in [2.45, 2.75) is 25.7 Å². The molecule has 0 radical (unpaired) electrons. The molecule has 0 unspecified atom stereocenters. The Hall–Kier alpha value is -2.64. The monoisotopic (exact) mass is 452 g/mol. The van der Waals surface area contributed by atoms with Crippen LogP contribution in [0.1, 0.15) is 25.7 Å². The lowest BCUT2D eigenvalue weighted by Gasteiger charge is -2.33.